The highest BCUT2D eigenvalue weighted by atomic mass is 16.3. The predicted octanol–water partition coefficient (Wildman–Crippen LogP) is 0.781. The molecule has 1 fully saturated rings. The average molecular weight is 228 g/mol. The number of hydrogen-bond donors (Lipinski definition) is 3. The Balaban J connectivity index is 2.24. The fraction of sp³-hybridized carbons (Fsp3) is 0.917. The van der Waals surface area contributed by atoms with Gasteiger partial charge in [-0.2, -0.15) is 0 Å². The lowest BCUT2D eigenvalue weighted by Gasteiger charge is -2.23. The molecule has 1 rings (SSSR count). The molecule has 0 spiro atoms. The molecule has 0 aromatic rings. The first-order chi connectivity index (χ1) is 7.43. The third-order valence-electron chi connectivity index (χ3n) is 3.43. The van der Waals surface area contributed by atoms with Crippen LogP contribution in [-0.2, 0) is 4.79 Å². The highest BCUT2D eigenvalue weighted by Gasteiger charge is 2.31. The molecule has 1 amide bonds. The molecule has 94 valence electrons. The number of carbonyl (C=O) groups is 1. The largest absolute Gasteiger partial charge is 0.388 e. The van der Waals surface area contributed by atoms with Crippen LogP contribution >= 0.6 is 0 Å². The van der Waals surface area contributed by atoms with Crippen molar-refractivity contribution in [1.29, 1.82) is 0 Å². The lowest BCUT2D eigenvalue weighted by atomic mass is 10.0. The monoisotopic (exact) mass is 228 g/mol. The highest BCUT2D eigenvalue weighted by Crippen LogP contribution is 2.28. The predicted molar refractivity (Wildman–Crippen MR) is 63.9 cm³/mol. The van der Waals surface area contributed by atoms with Crippen molar-refractivity contribution in [2.45, 2.75) is 57.6 Å². The summed E-state index contributed by atoms with van der Waals surface area (Å²) in [5.41, 5.74) is 5.14. The fourth-order valence-electron chi connectivity index (χ4n) is 1.99. The second-order valence-corrected chi connectivity index (χ2v) is 5.32. The van der Waals surface area contributed by atoms with Crippen LogP contribution in [0.2, 0.25) is 0 Å². The van der Waals surface area contributed by atoms with Gasteiger partial charge in [-0.15, -0.1) is 0 Å². The summed E-state index contributed by atoms with van der Waals surface area (Å²) in [6.07, 6.45) is 4.04. The van der Waals surface area contributed by atoms with Gasteiger partial charge in [0.1, 0.15) is 0 Å². The van der Waals surface area contributed by atoms with Crippen molar-refractivity contribution in [2.24, 2.45) is 11.7 Å². The van der Waals surface area contributed by atoms with E-state index >= 15 is 0 Å². The Labute approximate surface area is 97.6 Å². The second kappa shape index (κ2) is 5.64. The number of aliphatic hydroxyl groups is 1. The van der Waals surface area contributed by atoms with Crippen molar-refractivity contribution in [3.63, 3.8) is 0 Å². The van der Waals surface area contributed by atoms with Crippen LogP contribution in [0.1, 0.15) is 46.0 Å². The van der Waals surface area contributed by atoms with Crippen LogP contribution in [0.3, 0.4) is 0 Å². The Kier molecular flexibility index (Phi) is 4.74. The van der Waals surface area contributed by atoms with Gasteiger partial charge in [0.2, 0.25) is 5.91 Å². The van der Waals surface area contributed by atoms with Crippen molar-refractivity contribution in [3.8, 4) is 0 Å². The van der Waals surface area contributed by atoms with Gasteiger partial charge in [-0.05, 0) is 18.8 Å². The van der Waals surface area contributed by atoms with Crippen molar-refractivity contribution in [3.05, 3.63) is 0 Å². The molecule has 0 radical (unpaired) electrons. The summed E-state index contributed by atoms with van der Waals surface area (Å²) in [7, 11) is 0. The van der Waals surface area contributed by atoms with Gasteiger partial charge in [0.25, 0.3) is 0 Å². The number of nitrogens with two attached hydrogens (primary N) is 1. The second-order valence-electron chi connectivity index (χ2n) is 5.32. The minimum Gasteiger partial charge on any atom is -0.388 e. The zero-order chi connectivity index (χ0) is 12.2. The molecule has 0 saturated heterocycles. The summed E-state index contributed by atoms with van der Waals surface area (Å²) < 4.78 is 0. The molecular weight excluding hydrogens is 204 g/mol. The number of carbonyl (C=O) groups excluding carboxylic acids is 1. The molecule has 1 atom stereocenters. The minimum atomic E-state index is -0.669. The van der Waals surface area contributed by atoms with E-state index in [0.29, 0.717) is 18.9 Å². The SMILES string of the molecule is CC(C)C(N)CC(=O)NCC1(O)CCCC1. The highest BCUT2D eigenvalue weighted by molar-refractivity contribution is 5.76. The molecule has 1 saturated carbocycles. The summed E-state index contributed by atoms with van der Waals surface area (Å²) in [5.74, 6) is 0.252. The maximum atomic E-state index is 11.6. The zero-order valence-electron chi connectivity index (χ0n) is 10.3. The molecule has 1 aliphatic carbocycles. The number of rotatable bonds is 5. The first kappa shape index (κ1) is 13.5. The third-order valence-corrected chi connectivity index (χ3v) is 3.43. The molecule has 4 heteroatoms. The van der Waals surface area contributed by atoms with Gasteiger partial charge in [-0.3, -0.25) is 4.79 Å². The van der Waals surface area contributed by atoms with Crippen molar-refractivity contribution in [2.75, 3.05) is 6.54 Å². The summed E-state index contributed by atoms with van der Waals surface area (Å²) in [5, 5.41) is 12.8. The third kappa shape index (κ3) is 4.10. The van der Waals surface area contributed by atoms with Gasteiger partial charge < -0.3 is 16.2 Å². The van der Waals surface area contributed by atoms with Crippen LogP contribution in [0.5, 0.6) is 0 Å². The number of hydrogen-bond acceptors (Lipinski definition) is 3. The molecule has 0 heterocycles. The average Bonchev–Trinajstić information content (AvgIpc) is 2.63. The van der Waals surface area contributed by atoms with Crippen LogP contribution in [0.15, 0.2) is 0 Å². The normalized spacial score (nSPS) is 21.1. The van der Waals surface area contributed by atoms with Crippen LogP contribution < -0.4 is 11.1 Å². The standard InChI is InChI=1S/C12H24N2O2/c1-9(2)10(13)7-11(15)14-8-12(16)5-3-4-6-12/h9-10,16H,3-8,13H2,1-2H3,(H,14,15). The first-order valence-electron chi connectivity index (χ1n) is 6.18. The van der Waals surface area contributed by atoms with E-state index in [1.54, 1.807) is 0 Å². The van der Waals surface area contributed by atoms with E-state index < -0.39 is 5.60 Å². The lowest BCUT2D eigenvalue weighted by Crippen LogP contribution is -2.43. The Hall–Kier alpha value is -0.610. The van der Waals surface area contributed by atoms with E-state index in [1.807, 2.05) is 13.8 Å². The quantitative estimate of drug-likeness (QED) is 0.651. The molecule has 4 nitrogen and oxygen atoms in total. The minimum absolute atomic E-state index is 0.0541. The van der Waals surface area contributed by atoms with E-state index in [2.05, 4.69) is 5.32 Å². The summed E-state index contributed by atoms with van der Waals surface area (Å²) >= 11 is 0. The maximum Gasteiger partial charge on any atom is 0.221 e. The van der Waals surface area contributed by atoms with E-state index in [1.165, 1.54) is 0 Å². The van der Waals surface area contributed by atoms with Crippen molar-refractivity contribution in [1.82, 2.24) is 5.32 Å². The molecule has 0 aromatic carbocycles. The molecule has 1 unspecified atom stereocenters. The van der Waals surface area contributed by atoms with Gasteiger partial charge in [0.15, 0.2) is 0 Å². The van der Waals surface area contributed by atoms with Crippen molar-refractivity contribution < 1.29 is 9.90 Å². The molecule has 1 aliphatic rings. The Morgan fingerprint density at radius 1 is 1.44 bits per heavy atom. The van der Waals surface area contributed by atoms with Gasteiger partial charge >= 0.3 is 0 Å². The molecule has 4 N–H and O–H groups in total. The van der Waals surface area contributed by atoms with Crippen LogP contribution in [0.4, 0.5) is 0 Å². The summed E-state index contributed by atoms with van der Waals surface area (Å²) in [4.78, 5) is 11.6. The molecule has 0 bridgehead atoms. The Bertz CT molecular complexity index is 235. The molecule has 0 aromatic heterocycles. The van der Waals surface area contributed by atoms with E-state index in [4.69, 9.17) is 5.73 Å². The smallest absolute Gasteiger partial charge is 0.221 e. The Morgan fingerprint density at radius 2 is 2.00 bits per heavy atom. The molecule has 0 aliphatic heterocycles. The summed E-state index contributed by atoms with van der Waals surface area (Å²) in [6, 6.07) is -0.0989. The van der Waals surface area contributed by atoms with Crippen LogP contribution in [0.25, 0.3) is 0 Å². The van der Waals surface area contributed by atoms with Crippen molar-refractivity contribution >= 4 is 5.91 Å². The summed E-state index contributed by atoms with van der Waals surface area (Å²) in [6.45, 7) is 4.38. The maximum absolute atomic E-state index is 11.6. The van der Waals surface area contributed by atoms with Gasteiger partial charge in [-0.1, -0.05) is 26.7 Å². The van der Waals surface area contributed by atoms with E-state index in [9.17, 15) is 9.90 Å². The van der Waals surface area contributed by atoms with Gasteiger partial charge in [0.05, 0.1) is 5.60 Å². The van der Waals surface area contributed by atoms with E-state index in [0.717, 1.165) is 25.7 Å². The van der Waals surface area contributed by atoms with Crippen LogP contribution in [0, 0.1) is 5.92 Å². The Morgan fingerprint density at radius 3 is 2.50 bits per heavy atom. The lowest BCUT2D eigenvalue weighted by molar-refractivity contribution is -0.122. The molecule has 16 heavy (non-hydrogen) atoms. The topological polar surface area (TPSA) is 75.4 Å². The number of nitrogens with one attached hydrogen (secondary N) is 1. The van der Waals surface area contributed by atoms with Gasteiger partial charge in [0, 0.05) is 19.0 Å². The molecular formula is C12H24N2O2. The number of amides is 1. The van der Waals surface area contributed by atoms with E-state index in [-0.39, 0.29) is 11.9 Å². The van der Waals surface area contributed by atoms with Crippen LogP contribution in [-0.4, -0.2) is 29.2 Å². The first-order valence-corrected chi connectivity index (χ1v) is 6.18. The van der Waals surface area contributed by atoms with Gasteiger partial charge in [-0.25, -0.2) is 0 Å². The zero-order valence-corrected chi connectivity index (χ0v) is 10.3. The fourth-order valence-corrected chi connectivity index (χ4v) is 1.99.